The lowest BCUT2D eigenvalue weighted by Crippen LogP contribution is -2.47. The molecule has 0 aromatic heterocycles. The van der Waals surface area contributed by atoms with Gasteiger partial charge in [0.15, 0.2) is 6.61 Å². The Balaban J connectivity index is 1.89. The number of nitrogens with one attached hydrogen (secondary N) is 1. The van der Waals surface area contributed by atoms with Gasteiger partial charge in [-0.3, -0.25) is 4.79 Å². The summed E-state index contributed by atoms with van der Waals surface area (Å²) in [6.07, 6.45) is 1.02. The molecule has 144 valence electrons. The molecule has 6 heteroatoms. The number of aryl methyl sites for hydroxylation is 1. The van der Waals surface area contributed by atoms with Crippen LogP contribution in [0.15, 0.2) is 18.2 Å². The van der Waals surface area contributed by atoms with Crippen molar-refractivity contribution in [1.82, 2.24) is 10.2 Å². The van der Waals surface area contributed by atoms with Crippen molar-refractivity contribution in [2.75, 3.05) is 26.8 Å². The van der Waals surface area contributed by atoms with Crippen molar-refractivity contribution >= 4 is 12.0 Å². The largest absolute Gasteiger partial charge is 0.483 e. The van der Waals surface area contributed by atoms with Gasteiger partial charge in [0.25, 0.3) is 5.91 Å². The van der Waals surface area contributed by atoms with Crippen LogP contribution in [0.2, 0.25) is 0 Å². The molecule has 2 rings (SSSR count). The van der Waals surface area contributed by atoms with Crippen molar-refractivity contribution in [2.45, 2.75) is 52.0 Å². The van der Waals surface area contributed by atoms with E-state index in [1.165, 1.54) is 12.7 Å². The average Bonchev–Trinajstić information content (AvgIpc) is 2.60. The van der Waals surface area contributed by atoms with E-state index in [4.69, 9.17) is 4.74 Å². The van der Waals surface area contributed by atoms with Gasteiger partial charge in [0.2, 0.25) is 0 Å². The Morgan fingerprint density at radius 1 is 1.23 bits per heavy atom. The number of piperidine rings is 1. The summed E-state index contributed by atoms with van der Waals surface area (Å²) >= 11 is 0. The van der Waals surface area contributed by atoms with E-state index in [2.05, 4.69) is 43.8 Å². The first-order chi connectivity index (χ1) is 12.2. The third-order valence-electron chi connectivity index (χ3n) is 4.65. The fraction of sp³-hybridized carbons (Fsp3) is 0.600. The SMILES string of the molecule is COC(=O)NC1CCN(C(=O)COc2ccc(C)cc2C(C)(C)C)CC1. The van der Waals surface area contributed by atoms with Crippen LogP contribution in [0.4, 0.5) is 4.79 Å². The molecule has 1 fully saturated rings. The van der Waals surface area contributed by atoms with Crippen LogP contribution in [0, 0.1) is 6.92 Å². The number of rotatable bonds is 4. The number of likely N-dealkylation sites (tertiary alicyclic amines) is 1. The molecule has 0 saturated carbocycles. The monoisotopic (exact) mass is 362 g/mol. The normalized spacial score (nSPS) is 15.5. The highest BCUT2D eigenvalue weighted by Gasteiger charge is 2.25. The molecule has 0 unspecified atom stereocenters. The summed E-state index contributed by atoms with van der Waals surface area (Å²) < 4.78 is 10.5. The lowest BCUT2D eigenvalue weighted by atomic mass is 9.85. The lowest BCUT2D eigenvalue weighted by molar-refractivity contribution is -0.134. The van der Waals surface area contributed by atoms with Crippen LogP contribution in [-0.4, -0.2) is 49.7 Å². The molecule has 1 N–H and O–H groups in total. The van der Waals surface area contributed by atoms with Crippen molar-refractivity contribution in [1.29, 1.82) is 0 Å². The number of ether oxygens (including phenoxy) is 2. The fourth-order valence-corrected chi connectivity index (χ4v) is 3.09. The number of hydrogen-bond acceptors (Lipinski definition) is 4. The van der Waals surface area contributed by atoms with E-state index in [1.54, 1.807) is 4.90 Å². The molecule has 1 aromatic carbocycles. The van der Waals surface area contributed by atoms with Gasteiger partial charge in [-0.15, -0.1) is 0 Å². The summed E-state index contributed by atoms with van der Waals surface area (Å²) in [4.78, 5) is 25.5. The molecular formula is C20H30N2O4. The molecule has 0 atom stereocenters. The number of carbonyl (C=O) groups excluding carboxylic acids is 2. The van der Waals surface area contributed by atoms with Crippen LogP contribution in [0.5, 0.6) is 5.75 Å². The summed E-state index contributed by atoms with van der Waals surface area (Å²) in [5.74, 6) is 0.737. The first kappa shape index (κ1) is 20.1. The van der Waals surface area contributed by atoms with Gasteiger partial charge in [0.05, 0.1) is 7.11 Å². The lowest BCUT2D eigenvalue weighted by Gasteiger charge is -2.32. The zero-order valence-corrected chi connectivity index (χ0v) is 16.4. The van der Waals surface area contributed by atoms with Crippen LogP contribution >= 0.6 is 0 Å². The van der Waals surface area contributed by atoms with E-state index >= 15 is 0 Å². The maximum Gasteiger partial charge on any atom is 0.407 e. The molecule has 26 heavy (non-hydrogen) atoms. The van der Waals surface area contributed by atoms with E-state index in [9.17, 15) is 9.59 Å². The van der Waals surface area contributed by atoms with Gasteiger partial charge in [0, 0.05) is 19.1 Å². The molecule has 0 radical (unpaired) electrons. The van der Waals surface area contributed by atoms with E-state index in [1.807, 2.05) is 12.1 Å². The number of alkyl carbamates (subject to hydrolysis) is 1. The Labute approximate surface area is 155 Å². The molecule has 6 nitrogen and oxygen atoms in total. The van der Waals surface area contributed by atoms with Crippen molar-refractivity contribution in [3.05, 3.63) is 29.3 Å². The smallest absolute Gasteiger partial charge is 0.407 e. The van der Waals surface area contributed by atoms with Crippen LogP contribution in [0.25, 0.3) is 0 Å². The minimum atomic E-state index is -0.424. The number of methoxy groups -OCH3 is 1. The Bertz CT molecular complexity index is 644. The second kappa shape index (κ2) is 8.43. The number of hydrogen-bond donors (Lipinski definition) is 1. The van der Waals surface area contributed by atoms with Crippen molar-refractivity contribution in [2.24, 2.45) is 0 Å². The van der Waals surface area contributed by atoms with Crippen LogP contribution in [0.1, 0.15) is 44.7 Å². The second-order valence-electron chi connectivity index (χ2n) is 7.83. The van der Waals surface area contributed by atoms with Crippen molar-refractivity contribution in [3.63, 3.8) is 0 Å². The van der Waals surface area contributed by atoms with Gasteiger partial charge in [-0.25, -0.2) is 4.79 Å². The molecule has 0 aliphatic carbocycles. The topological polar surface area (TPSA) is 67.9 Å². The zero-order valence-electron chi connectivity index (χ0n) is 16.4. The second-order valence-corrected chi connectivity index (χ2v) is 7.83. The maximum atomic E-state index is 12.5. The van der Waals surface area contributed by atoms with Gasteiger partial charge in [-0.1, -0.05) is 38.5 Å². The van der Waals surface area contributed by atoms with Crippen molar-refractivity contribution < 1.29 is 19.1 Å². The molecule has 0 bridgehead atoms. The molecule has 1 aliphatic rings. The maximum absolute atomic E-state index is 12.5. The average molecular weight is 362 g/mol. The predicted molar refractivity (Wildman–Crippen MR) is 101 cm³/mol. The van der Waals surface area contributed by atoms with Crippen molar-refractivity contribution in [3.8, 4) is 5.75 Å². The number of carbonyl (C=O) groups is 2. The van der Waals surface area contributed by atoms with Gasteiger partial charge in [-0.2, -0.15) is 0 Å². The molecule has 2 amide bonds. The highest BCUT2D eigenvalue weighted by Crippen LogP contribution is 2.32. The molecular weight excluding hydrogens is 332 g/mol. The molecule has 1 aliphatic heterocycles. The summed E-state index contributed by atoms with van der Waals surface area (Å²) in [6, 6.07) is 6.11. The third-order valence-corrected chi connectivity index (χ3v) is 4.65. The van der Waals surface area contributed by atoms with Gasteiger partial charge >= 0.3 is 6.09 Å². The third kappa shape index (κ3) is 5.38. The highest BCUT2D eigenvalue weighted by molar-refractivity contribution is 5.78. The molecule has 1 heterocycles. The Morgan fingerprint density at radius 2 is 1.88 bits per heavy atom. The Hall–Kier alpha value is -2.24. The molecule has 0 spiro atoms. The van der Waals surface area contributed by atoms with Gasteiger partial charge in [0.1, 0.15) is 5.75 Å². The number of nitrogens with zero attached hydrogens (tertiary/aromatic N) is 1. The molecule has 1 aromatic rings. The van der Waals surface area contributed by atoms with E-state index in [0.717, 1.165) is 24.2 Å². The minimum Gasteiger partial charge on any atom is -0.483 e. The van der Waals surface area contributed by atoms with Gasteiger partial charge in [-0.05, 0) is 36.8 Å². The Morgan fingerprint density at radius 3 is 2.46 bits per heavy atom. The van der Waals surface area contributed by atoms with Crippen LogP contribution < -0.4 is 10.1 Å². The summed E-state index contributed by atoms with van der Waals surface area (Å²) in [5.41, 5.74) is 2.22. The standard InChI is InChI=1S/C20H30N2O4/c1-14-6-7-17(16(12-14)20(2,3)4)26-13-18(23)22-10-8-15(9-11-22)21-19(24)25-5/h6-7,12,15H,8-11,13H2,1-5H3,(H,21,24). The summed E-state index contributed by atoms with van der Waals surface area (Å²) in [6.45, 7) is 9.70. The van der Waals surface area contributed by atoms with Crippen LogP contribution in [0.3, 0.4) is 0 Å². The van der Waals surface area contributed by atoms with Gasteiger partial charge < -0.3 is 19.7 Å². The van der Waals surface area contributed by atoms with E-state index in [0.29, 0.717) is 13.1 Å². The highest BCUT2D eigenvalue weighted by atomic mass is 16.5. The first-order valence-electron chi connectivity index (χ1n) is 9.07. The summed E-state index contributed by atoms with van der Waals surface area (Å²) in [5, 5.41) is 2.78. The fourth-order valence-electron chi connectivity index (χ4n) is 3.09. The quantitative estimate of drug-likeness (QED) is 0.894. The van der Waals surface area contributed by atoms with E-state index < -0.39 is 6.09 Å². The predicted octanol–water partition coefficient (Wildman–Crippen LogP) is 3.02. The molecule has 1 saturated heterocycles. The zero-order chi connectivity index (χ0) is 19.3. The number of benzene rings is 1. The van der Waals surface area contributed by atoms with Crippen LogP contribution in [-0.2, 0) is 14.9 Å². The minimum absolute atomic E-state index is 0.0260. The first-order valence-corrected chi connectivity index (χ1v) is 9.07. The summed E-state index contributed by atoms with van der Waals surface area (Å²) in [7, 11) is 1.35. The van der Waals surface area contributed by atoms with E-state index in [-0.39, 0.29) is 24.0 Å². The number of amides is 2. The Kier molecular flexibility index (Phi) is 6.51.